The number of amides is 1. The molecule has 0 saturated carbocycles. The van der Waals surface area contributed by atoms with Gasteiger partial charge in [0, 0.05) is 32.1 Å². The second kappa shape index (κ2) is 8.69. The topological polar surface area (TPSA) is 102 Å². The molecule has 2 aromatic rings. The van der Waals surface area contributed by atoms with Crippen LogP contribution in [0.15, 0.2) is 39.7 Å². The average molecular weight is 386 g/mol. The number of carbonyl (C=O) groups excluding carboxylic acids is 1. The zero-order valence-corrected chi connectivity index (χ0v) is 16.4. The number of furan rings is 1. The van der Waals surface area contributed by atoms with Gasteiger partial charge in [-0.1, -0.05) is 0 Å². The van der Waals surface area contributed by atoms with Gasteiger partial charge >= 0.3 is 0 Å². The lowest BCUT2D eigenvalue weighted by molar-refractivity contribution is 0.0972. The highest BCUT2D eigenvalue weighted by molar-refractivity contribution is 5.89. The molecular formula is C20H26N4O4. The third-order valence-electron chi connectivity index (χ3n) is 4.87. The Hall–Kier alpha value is -3.16. The van der Waals surface area contributed by atoms with E-state index in [9.17, 15) is 4.79 Å². The Bertz CT molecular complexity index is 839. The molecular weight excluding hydrogens is 360 g/mol. The first-order valence-corrected chi connectivity index (χ1v) is 9.11. The minimum atomic E-state index is -0.577. The first-order chi connectivity index (χ1) is 13.5. The zero-order valence-electron chi connectivity index (χ0n) is 16.4. The number of benzene rings is 1. The Kier molecular flexibility index (Phi) is 6.08. The lowest BCUT2D eigenvalue weighted by Crippen LogP contribution is -2.39. The molecule has 0 aliphatic carbocycles. The van der Waals surface area contributed by atoms with E-state index in [1.165, 1.54) is 5.56 Å². The van der Waals surface area contributed by atoms with Crippen LogP contribution in [0.3, 0.4) is 0 Å². The van der Waals surface area contributed by atoms with Crippen LogP contribution in [0.2, 0.25) is 0 Å². The third kappa shape index (κ3) is 4.39. The molecule has 8 nitrogen and oxygen atoms in total. The number of ether oxygens (including phenoxy) is 2. The van der Waals surface area contributed by atoms with Crippen LogP contribution < -0.4 is 20.5 Å². The Morgan fingerprint density at radius 2 is 2.00 bits per heavy atom. The van der Waals surface area contributed by atoms with Crippen molar-refractivity contribution in [3.8, 4) is 11.5 Å². The molecule has 1 fully saturated rings. The summed E-state index contributed by atoms with van der Waals surface area (Å²) in [5, 5.41) is 3.28. The van der Waals surface area contributed by atoms with Gasteiger partial charge in [-0.05, 0) is 36.2 Å². The number of nitrogens with one attached hydrogen (secondary N) is 1. The van der Waals surface area contributed by atoms with Crippen LogP contribution in [-0.2, 0) is 6.54 Å². The molecule has 150 valence electrons. The zero-order chi connectivity index (χ0) is 20.1. The molecule has 1 aromatic heterocycles. The van der Waals surface area contributed by atoms with Crippen molar-refractivity contribution in [3.05, 3.63) is 47.4 Å². The Labute approximate surface area is 164 Å². The summed E-state index contributed by atoms with van der Waals surface area (Å²) in [6.07, 6.45) is 1.00. The molecule has 2 heterocycles. The van der Waals surface area contributed by atoms with Crippen LogP contribution in [0.1, 0.15) is 34.2 Å². The maximum absolute atomic E-state index is 11.1. The standard InChI is InChI=1S/C20H26N4O4/c1-22-20(23-11-15-4-5-18(28-15)19(21)25)24-7-6-13(12-24)14-8-16(26-2)10-17(9-14)27-3/h4-5,8-10,13H,6-7,11-12H2,1-3H3,(H2,21,25)(H,22,23). The van der Waals surface area contributed by atoms with E-state index in [0.29, 0.717) is 18.2 Å². The van der Waals surface area contributed by atoms with Crippen LogP contribution >= 0.6 is 0 Å². The molecule has 1 aliphatic heterocycles. The number of guanidine groups is 1. The van der Waals surface area contributed by atoms with Crippen molar-refractivity contribution in [2.24, 2.45) is 10.7 Å². The predicted octanol–water partition coefficient (Wildman–Crippen LogP) is 1.96. The van der Waals surface area contributed by atoms with Gasteiger partial charge in [-0.2, -0.15) is 0 Å². The van der Waals surface area contributed by atoms with E-state index in [4.69, 9.17) is 19.6 Å². The summed E-state index contributed by atoms with van der Waals surface area (Å²) in [4.78, 5) is 17.7. The summed E-state index contributed by atoms with van der Waals surface area (Å²) in [6, 6.07) is 9.29. The van der Waals surface area contributed by atoms with Gasteiger partial charge in [-0.25, -0.2) is 0 Å². The summed E-state index contributed by atoms with van der Waals surface area (Å²) in [6.45, 7) is 2.14. The monoisotopic (exact) mass is 386 g/mol. The van der Waals surface area contributed by atoms with E-state index in [2.05, 4.69) is 27.3 Å². The van der Waals surface area contributed by atoms with Crippen LogP contribution in [-0.4, -0.2) is 51.1 Å². The number of primary amides is 1. The Morgan fingerprint density at radius 1 is 1.29 bits per heavy atom. The molecule has 0 radical (unpaired) electrons. The van der Waals surface area contributed by atoms with Crippen LogP contribution in [0.4, 0.5) is 0 Å². The van der Waals surface area contributed by atoms with E-state index in [1.54, 1.807) is 33.4 Å². The van der Waals surface area contributed by atoms with E-state index < -0.39 is 5.91 Å². The molecule has 3 N–H and O–H groups in total. The minimum absolute atomic E-state index is 0.153. The third-order valence-corrected chi connectivity index (χ3v) is 4.87. The molecule has 0 spiro atoms. The van der Waals surface area contributed by atoms with Crippen molar-refractivity contribution in [2.75, 3.05) is 34.4 Å². The fourth-order valence-corrected chi connectivity index (χ4v) is 3.39. The largest absolute Gasteiger partial charge is 0.497 e. The highest BCUT2D eigenvalue weighted by atomic mass is 16.5. The van der Waals surface area contributed by atoms with Gasteiger partial charge in [0.2, 0.25) is 0 Å². The maximum Gasteiger partial charge on any atom is 0.284 e. The molecule has 1 atom stereocenters. The molecule has 0 bridgehead atoms. The van der Waals surface area contributed by atoms with Crippen LogP contribution in [0.5, 0.6) is 11.5 Å². The second-order valence-corrected chi connectivity index (χ2v) is 6.61. The highest BCUT2D eigenvalue weighted by Crippen LogP contribution is 2.32. The molecule has 28 heavy (non-hydrogen) atoms. The van der Waals surface area contributed by atoms with Crippen molar-refractivity contribution in [1.82, 2.24) is 10.2 Å². The fourth-order valence-electron chi connectivity index (χ4n) is 3.39. The number of nitrogens with zero attached hydrogens (tertiary/aromatic N) is 2. The van der Waals surface area contributed by atoms with Gasteiger partial charge in [0.05, 0.1) is 20.8 Å². The van der Waals surface area contributed by atoms with Gasteiger partial charge in [-0.15, -0.1) is 0 Å². The molecule has 1 aliphatic rings. The first kappa shape index (κ1) is 19.6. The molecule has 3 rings (SSSR count). The number of carbonyl (C=O) groups is 1. The number of likely N-dealkylation sites (tertiary alicyclic amines) is 1. The number of hydrogen-bond donors (Lipinski definition) is 2. The second-order valence-electron chi connectivity index (χ2n) is 6.61. The molecule has 1 saturated heterocycles. The lowest BCUT2D eigenvalue weighted by Gasteiger charge is -2.21. The number of methoxy groups -OCH3 is 2. The van der Waals surface area contributed by atoms with Gasteiger partial charge < -0.3 is 29.8 Å². The molecule has 1 aromatic carbocycles. The predicted molar refractivity (Wildman–Crippen MR) is 106 cm³/mol. The summed E-state index contributed by atoms with van der Waals surface area (Å²) < 4.78 is 16.2. The number of nitrogens with two attached hydrogens (primary N) is 1. The van der Waals surface area contributed by atoms with Crippen molar-refractivity contribution in [1.29, 1.82) is 0 Å². The average Bonchev–Trinajstić information content (AvgIpc) is 3.38. The minimum Gasteiger partial charge on any atom is -0.497 e. The van der Waals surface area contributed by atoms with Crippen molar-refractivity contribution in [3.63, 3.8) is 0 Å². The Balaban J connectivity index is 1.63. The van der Waals surface area contributed by atoms with E-state index in [0.717, 1.165) is 37.0 Å². The van der Waals surface area contributed by atoms with Gasteiger partial charge in [0.15, 0.2) is 11.7 Å². The van der Waals surface area contributed by atoms with Crippen molar-refractivity contribution in [2.45, 2.75) is 18.9 Å². The summed E-state index contributed by atoms with van der Waals surface area (Å²) in [5.41, 5.74) is 6.40. The van der Waals surface area contributed by atoms with E-state index in [-0.39, 0.29) is 5.76 Å². The molecule has 8 heteroatoms. The summed E-state index contributed by atoms with van der Waals surface area (Å²) in [7, 11) is 5.06. The van der Waals surface area contributed by atoms with Crippen LogP contribution in [0, 0.1) is 0 Å². The number of rotatable bonds is 6. The number of hydrogen-bond acceptors (Lipinski definition) is 5. The van der Waals surface area contributed by atoms with E-state index >= 15 is 0 Å². The van der Waals surface area contributed by atoms with Crippen molar-refractivity contribution >= 4 is 11.9 Å². The smallest absolute Gasteiger partial charge is 0.284 e. The van der Waals surface area contributed by atoms with Gasteiger partial charge in [-0.3, -0.25) is 9.79 Å². The summed E-state index contributed by atoms with van der Waals surface area (Å²) >= 11 is 0. The lowest BCUT2D eigenvalue weighted by atomic mass is 9.98. The van der Waals surface area contributed by atoms with Gasteiger partial charge in [0.25, 0.3) is 5.91 Å². The highest BCUT2D eigenvalue weighted by Gasteiger charge is 2.27. The fraction of sp³-hybridized carbons (Fsp3) is 0.400. The Morgan fingerprint density at radius 3 is 2.57 bits per heavy atom. The van der Waals surface area contributed by atoms with Gasteiger partial charge in [0.1, 0.15) is 17.3 Å². The maximum atomic E-state index is 11.1. The molecule has 1 unspecified atom stereocenters. The van der Waals surface area contributed by atoms with E-state index in [1.807, 2.05) is 6.07 Å². The first-order valence-electron chi connectivity index (χ1n) is 9.11. The summed E-state index contributed by atoms with van der Waals surface area (Å²) in [5.74, 6) is 2.92. The normalized spacial score (nSPS) is 16.9. The molecule has 1 amide bonds. The quantitative estimate of drug-likeness (QED) is 0.581. The van der Waals surface area contributed by atoms with Crippen molar-refractivity contribution < 1.29 is 18.7 Å². The number of aliphatic imine (C=N–C) groups is 1. The SMILES string of the molecule is CN=C(NCc1ccc(C(N)=O)o1)N1CCC(c2cc(OC)cc(OC)c2)C1. The van der Waals surface area contributed by atoms with Crippen LogP contribution in [0.25, 0.3) is 0 Å².